The lowest BCUT2D eigenvalue weighted by molar-refractivity contribution is -0.168. The number of carboxylic acid groups (broad SMARTS) is 2. The summed E-state index contributed by atoms with van der Waals surface area (Å²) in [6.07, 6.45) is -3.95. The maximum atomic E-state index is 14.2. The average molecular weight is 719 g/mol. The van der Waals surface area contributed by atoms with Gasteiger partial charge in [0.05, 0.1) is 11.5 Å². The number of esters is 2. The fourth-order valence-corrected chi connectivity index (χ4v) is 5.76. The van der Waals surface area contributed by atoms with Crippen molar-refractivity contribution in [3.05, 3.63) is 100 Å². The maximum absolute atomic E-state index is 14.2. The van der Waals surface area contributed by atoms with Crippen molar-refractivity contribution in [1.29, 1.82) is 0 Å². The van der Waals surface area contributed by atoms with Gasteiger partial charge in [0, 0.05) is 18.8 Å². The minimum Gasteiger partial charge on any atom is -0.504 e. The molecule has 4 atom stereocenters. The number of phenolic OH excluding ortho intramolecular Hbond substituents is 8. The number of fused-ring (bicyclic) bond motifs is 1. The summed E-state index contributed by atoms with van der Waals surface area (Å²) in [6.45, 7) is 0. The Morgan fingerprint density at radius 1 is 0.558 bits per heavy atom. The van der Waals surface area contributed by atoms with E-state index in [4.69, 9.17) is 9.47 Å². The Kier molecular flexibility index (Phi) is 10.0. The van der Waals surface area contributed by atoms with Crippen LogP contribution in [0.3, 0.4) is 0 Å². The Hall–Kier alpha value is -7.10. The van der Waals surface area contributed by atoms with E-state index in [2.05, 4.69) is 0 Å². The molecule has 16 heteroatoms. The number of aromatic hydroxyl groups is 8. The number of phenols is 8. The molecule has 270 valence electrons. The van der Waals surface area contributed by atoms with Gasteiger partial charge in [-0.2, -0.15) is 0 Å². The van der Waals surface area contributed by atoms with Gasteiger partial charge in [0.25, 0.3) is 0 Å². The third-order valence-electron chi connectivity index (χ3n) is 8.32. The largest absolute Gasteiger partial charge is 0.504 e. The van der Waals surface area contributed by atoms with Crippen LogP contribution < -0.4 is 0 Å². The van der Waals surface area contributed by atoms with Crippen molar-refractivity contribution in [2.45, 2.75) is 31.0 Å². The predicted octanol–water partition coefficient (Wildman–Crippen LogP) is 2.95. The van der Waals surface area contributed by atoms with Gasteiger partial charge < -0.3 is 60.5 Å². The fraction of sp³-hybridized carbons (Fsp3) is 0.167. The Morgan fingerprint density at radius 3 is 1.52 bits per heavy atom. The number of hydrogen-bond acceptors (Lipinski definition) is 14. The Bertz CT molecular complexity index is 2120. The third-order valence-corrected chi connectivity index (χ3v) is 8.32. The summed E-state index contributed by atoms with van der Waals surface area (Å²) in [5.74, 6) is -14.2. The number of ether oxygens (including phenoxy) is 2. The van der Waals surface area contributed by atoms with E-state index >= 15 is 0 Å². The lowest BCUT2D eigenvalue weighted by Crippen LogP contribution is -2.39. The molecule has 1 aliphatic carbocycles. The molecule has 0 fully saturated rings. The van der Waals surface area contributed by atoms with Crippen LogP contribution in [0.25, 0.3) is 6.08 Å². The molecule has 0 saturated carbocycles. The highest BCUT2D eigenvalue weighted by molar-refractivity contribution is 6.03. The molecule has 0 amide bonds. The van der Waals surface area contributed by atoms with Gasteiger partial charge in [0.1, 0.15) is 0 Å². The molecular formula is C36H30O16. The number of rotatable bonds is 11. The van der Waals surface area contributed by atoms with Crippen LogP contribution in [0, 0.1) is 5.92 Å². The molecule has 10 N–H and O–H groups in total. The van der Waals surface area contributed by atoms with Crippen LogP contribution in [0.2, 0.25) is 0 Å². The van der Waals surface area contributed by atoms with Gasteiger partial charge in [-0.3, -0.25) is 4.79 Å². The summed E-state index contributed by atoms with van der Waals surface area (Å²) in [6, 6.07) is 12.1. The molecule has 0 spiro atoms. The molecule has 4 aromatic carbocycles. The van der Waals surface area contributed by atoms with Crippen LogP contribution in [0.1, 0.15) is 33.7 Å². The van der Waals surface area contributed by atoms with E-state index in [9.17, 15) is 70.2 Å². The summed E-state index contributed by atoms with van der Waals surface area (Å²) in [5, 5.41) is 100. The zero-order chi connectivity index (χ0) is 38.0. The molecule has 0 bridgehead atoms. The molecule has 5 rings (SSSR count). The van der Waals surface area contributed by atoms with E-state index in [0.29, 0.717) is 0 Å². The van der Waals surface area contributed by atoms with Crippen LogP contribution in [-0.2, 0) is 41.5 Å². The normalized spacial score (nSPS) is 16.1. The van der Waals surface area contributed by atoms with Crippen LogP contribution >= 0.6 is 0 Å². The van der Waals surface area contributed by atoms with E-state index in [1.54, 1.807) is 0 Å². The standard InChI is InChI=1S/C36H30O16/c37-21-4-1-15(7-24(21)40)9-29(33(45)46)51-35(49)20-11-18-13-27(43)28(44)14-19(18)31(17-3-6-23(39)26(42)12-17)32(20)36(50)52-30(34(47)48)10-16-2-5-22(38)25(41)8-16/h1-8,11-14,29-32,37-44H,9-10H2,(H,45,46)(H,47,48)/t29-,30+,31+,32+/m1/s1. The molecule has 52 heavy (non-hydrogen) atoms. The lowest BCUT2D eigenvalue weighted by atomic mass is 9.71. The first-order chi connectivity index (χ1) is 24.5. The van der Waals surface area contributed by atoms with Gasteiger partial charge >= 0.3 is 23.9 Å². The summed E-state index contributed by atoms with van der Waals surface area (Å²) in [7, 11) is 0. The minimum atomic E-state index is -1.97. The minimum absolute atomic E-state index is 0.00618. The van der Waals surface area contributed by atoms with Crippen molar-refractivity contribution in [2.24, 2.45) is 5.92 Å². The average Bonchev–Trinajstić information content (AvgIpc) is 3.08. The maximum Gasteiger partial charge on any atom is 0.345 e. The zero-order valence-electron chi connectivity index (χ0n) is 26.6. The van der Waals surface area contributed by atoms with Crippen LogP contribution in [0.4, 0.5) is 0 Å². The monoisotopic (exact) mass is 718 g/mol. The summed E-state index contributed by atoms with van der Waals surface area (Å²) < 4.78 is 10.8. The molecule has 16 nitrogen and oxygen atoms in total. The molecular weight excluding hydrogens is 688 g/mol. The SMILES string of the molecule is O=C(O[C@H](Cc1ccc(O)c(O)c1)C(=O)O)C1=Cc2cc(O)c(O)cc2[C@H](c2ccc(O)c(O)c2)[C@H]1C(=O)O[C@@H](Cc1ccc(O)c(O)c1)C(=O)O. The quantitative estimate of drug-likeness (QED) is 0.0788. The molecule has 0 aliphatic heterocycles. The Balaban J connectivity index is 1.61. The summed E-state index contributed by atoms with van der Waals surface area (Å²) >= 11 is 0. The molecule has 0 radical (unpaired) electrons. The van der Waals surface area contributed by atoms with E-state index in [1.165, 1.54) is 18.2 Å². The van der Waals surface area contributed by atoms with E-state index in [1.807, 2.05) is 0 Å². The molecule has 1 aliphatic rings. The van der Waals surface area contributed by atoms with Crippen LogP contribution in [-0.4, -0.2) is 87.2 Å². The number of hydrogen-bond donors (Lipinski definition) is 10. The summed E-state index contributed by atoms with van der Waals surface area (Å²) in [4.78, 5) is 52.7. The highest BCUT2D eigenvalue weighted by atomic mass is 16.6. The van der Waals surface area contributed by atoms with Crippen molar-refractivity contribution in [3.63, 3.8) is 0 Å². The molecule has 0 unspecified atom stereocenters. The first-order valence-electron chi connectivity index (χ1n) is 15.2. The van der Waals surface area contributed by atoms with Crippen molar-refractivity contribution in [2.75, 3.05) is 0 Å². The van der Waals surface area contributed by atoms with Crippen molar-refractivity contribution < 1.29 is 79.7 Å². The number of aliphatic carboxylic acids is 2. The van der Waals surface area contributed by atoms with Crippen molar-refractivity contribution >= 4 is 30.0 Å². The van der Waals surface area contributed by atoms with Crippen LogP contribution in [0.15, 0.2) is 72.3 Å². The fourth-order valence-electron chi connectivity index (χ4n) is 5.76. The van der Waals surface area contributed by atoms with Crippen molar-refractivity contribution in [1.82, 2.24) is 0 Å². The first-order valence-corrected chi connectivity index (χ1v) is 15.2. The smallest absolute Gasteiger partial charge is 0.345 e. The second-order valence-corrected chi connectivity index (χ2v) is 11.8. The molecule has 0 aromatic heterocycles. The Labute approximate surface area is 292 Å². The second-order valence-electron chi connectivity index (χ2n) is 11.8. The van der Waals surface area contributed by atoms with Gasteiger partial charge in [-0.15, -0.1) is 0 Å². The first kappa shape index (κ1) is 36.2. The van der Waals surface area contributed by atoms with Gasteiger partial charge in [-0.25, -0.2) is 14.4 Å². The van der Waals surface area contributed by atoms with Crippen LogP contribution in [0.5, 0.6) is 46.0 Å². The van der Waals surface area contributed by atoms with E-state index in [-0.39, 0.29) is 27.8 Å². The van der Waals surface area contributed by atoms with Gasteiger partial charge in [0.2, 0.25) is 12.2 Å². The van der Waals surface area contributed by atoms with E-state index in [0.717, 1.165) is 54.6 Å². The molecule has 0 saturated heterocycles. The van der Waals surface area contributed by atoms with E-state index < -0.39 is 112 Å². The number of carbonyl (C=O) groups excluding carboxylic acids is 2. The molecule has 4 aromatic rings. The van der Waals surface area contributed by atoms with Crippen molar-refractivity contribution in [3.8, 4) is 46.0 Å². The zero-order valence-corrected chi connectivity index (χ0v) is 26.6. The second kappa shape index (κ2) is 14.4. The Morgan fingerprint density at radius 2 is 1.02 bits per heavy atom. The topological polar surface area (TPSA) is 289 Å². The number of carboxylic acids is 2. The number of carbonyl (C=O) groups is 4. The lowest BCUT2D eigenvalue weighted by Gasteiger charge is -2.33. The van der Waals surface area contributed by atoms with Gasteiger partial charge in [-0.05, 0) is 82.4 Å². The third kappa shape index (κ3) is 7.55. The number of benzene rings is 4. The summed E-state index contributed by atoms with van der Waals surface area (Å²) in [5.41, 5.74) is -0.309. The highest BCUT2D eigenvalue weighted by Gasteiger charge is 2.45. The van der Waals surface area contributed by atoms with Gasteiger partial charge in [0.15, 0.2) is 46.0 Å². The van der Waals surface area contributed by atoms with Gasteiger partial charge in [-0.1, -0.05) is 18.2 Å². The molecule has 0 heterocycles. The highest BCUT2D eigenvalue weighted by Crippen LogP contribution is 2.48. The predicted molar refractivity (Wildman–Crippen MR) is 175 cm³/mol.